The molecule has 28 heavy (non-hydrogen) atoms. The van der Waals surface area contributed by atoms with Crippen molar-refractivity contribution in [3.05, 3.63) is 45.9 Å². The average Bonchev–Trinajstić information content (AvgIpc) is 3.11. The molecule has 0 radical (unpaired) electrons. The van der Waals surface area contributed by atoms with Crippen LogP contribution in [0, 0.1) is 0 Å². The van der Waals surface area contributed by atoms with Crippen LogP contribution >= 0.6 is 35.3 Å². The van der Waals surface area contributed by atoms with E-state index in [9.17, 15) is 13.2 Å². The van der Waals surface area contributed by atoms with Gasteiger partial charge in [-0.05, 0) is 25.0 Å². The molecular weight excluding hydrogens is 504 g/mol. The molecule has 2 aromatic rings. The van der Waals surface area contributed by atoms with Gasteiger partial charge in [-0.3, -0.25) is 4.99 Å². The van der Waals surface area contributed by atoms with Crippen LogP contribution < -0.4 is 15.4 Å². The first kappa shape index (κ1) is 24.5. The van der Waals surface area contributed by atoms with Crippen LogP contribution in [-0.4, -0.2) is 37.7 Å². The number of nitrogens with one attached hydrogen (secondary N) is 2. The fourth-order valence-electron chi connectivity index (χ4n) is 2.39. The number of nitrogens with zero attached hydrogens (tertiary/aromatic N) is 2. The summed E-state index contributed by atoms with van der Waals surface area (Å²) in [5, 5.41) is 7.75. The Morgan fingerprint density at radius 1 is 1.18 bits per heavy atom. The molecule has 1 aromatic carbocycles. The number of halogens is 4. The van der Waals surface area contributed by atoms with Gasteiger partial charge in [-0.25, -0.2) is 4.98 Å². The second-order valence-corrected chi connectivity index (χ2v) is 6.53. The van der Waals surface area contributed by atoms with Crippen molar-refractivity contribution in [1.82, 2.24) is 15.6 Å². The van der Waals surface area contributed by atoms with Gasteiger partial charge in [0.25, 0.3) is 0 Å². The molecular formula is C18H24F3IN4OS. The Labute approximate surface area is 183 Å². The number of aromatic nitrogens is 1. The van der Waals surface area contributed by atoms with Crippen LogP contribution in [0.25, 0.3) is 0 Å². The van der Waals surface area contributed by atoms with Crippen molar-refractivity contribution < 1.29 is 17.9 Å². The summed E-state index contributed by atoms with van der Waals surface area (Å²) in [5.41, 5.74) is 0.266. The zero-order valence-electron chi connectivity index (χ0n) is 15.7. The molecule has 0 aliphatic heterocycles. The van der Waals surface area contributed by atoms with Gasteiger partial charge >= 0.3 is 6.18 Å². The fourth-order valence-corrected chi connectivity index (χ4v) is 3.19. The second kappa shape index (κ2) is 12.1. The maximum atomic E-state index is 12.6. The number of para-hydroxylation sites is 1. The predicted molar refractivity (Wildman–Crippen MR) is 117 cm³/mol. The second-order valence-electron chi connectivity index (χ2n) is 5.59. The molecule has 2 N–H and O–H groups in total. The van der Waals surface area contributed by atoms with Crippen molar-refractivity contribution in [2.75, 3.05) is 26.7 Å². The Bertz CT molecular complexity index is 752. The lowest BCUT2D eigenvalue weighted by molar-refractivity contribution is -0.140. The number of hydrogen-bond acceptors (Lipinski definition) is 4. The molecule has 0 saturated carbocycles. The van der Waals surface area contributed by atoms with Crippen molar-refractivity contribution in [3.63, 3.8) is 0 Å². The molecule has 0 spiro atoms. The molecule has 0 saturated heterocycles. The summed E-state index contributed by atoms with van der Waals surface area (Å²) in [5.74, 6) is 1.46. The van der Waals surface area contributed by atoms with E-state index in [1.807, 2.05) is 31.2 Å². The maximum Gasteiger partial charge on any atom is 0.434 e. The summed E-state index contributed by atoms with van der Waals surface area (Å²) in [6.07, 6.45) is -3.23. The molecule has 0 unspecified atom stereocenters. The van der Waals surface area contributed by atoms with Crippen LogP contribution in [0.3, 0.4) is 0 Å². The van der Waals surface area contributed by atoms with Gasteiger partial charge in [0.05, 0.1) is 11.6 Å². The van der Waals surface area contributed by atoms with Crippen LogP contribution in [-0.2, 0) is 19.0 Å². The van der Waals surface area contributed by atoms with Crippen LogP contribution in [0.1, 0.15) is 23.2 Å². The van der Waals surface area contributed by atoms with E-state index in [0.717, 1.165) is 34.5 Å². The zero-order chi connectivity index (χ0) is 19.7. The lowest BCUT2D eigenvalue weighted by Crippen LogP contribution is -2.39. The minimum absolute atomic E-state index is 0. The zero-order valence-corrected chi connectivity index (χ0v) is 18.8. The van der Waals surface area contributed by atoms with Gasteiger partial charge in [0, 0.05) is 31.9 Å². The highest BCUT2D eigenvalue weighted by atomic mass is 127. The van der Waals surface area contributed by atoms with Gasteiger partial charge in [0.15, 0.2) is 11.7 Å². The molecule has 10 heteroatoms. The molecule has 5 nitrogen and oxygen atoms in total. The van der Waals surface area contributed by atoms with Crippen molar-refractivity contribution >= 4 is 41.3 Å². The van der Waals surface area contributed by atoms with E-state index in [1.165, 1.54) is 0 Å². The first-order valence-electron chi connectivity index (χ1n) is 8.60. The number of hydrogen-bond donors (Lipinski definition) is 2. The highest BCUT2D eigenvalue weighted by Crippen LogP contribution is 2.30. The van der Waals surface area contributed by atoms with E-state index in [0.29, 0.717) is 37.1 Å². The van der Waals surface area contributed by atoms with Crippen LogP contribution in [0.15, 0.2) is 34.6 Å². The van der Waals surface area contributed by atoms with Crippen LogP contribution in [0.4, 0.5) is 13.2 Å². The van der Waals surface area contributed by atoms with E-state index in [1.54, 1.807) is 7.05 Å². The lowest BCUT2D eigenvalue weighted by Gasteiger charge is -2.13. The summed E-state index contributed by atoms with van der Waals surface area (Å²) in [6.45, 7) is 3.65. The van der Waals surface area contributed by atoms with E-state index in [4.69, 9.17) is 4.74 Å². The van der Waals surface area contributed by atoms with Crippen molar-refractivity contribution in [3.8, 4) is 5.75 Å². The highest BCUT2D eigenvalue weighted by molar-refractivity contribution is 14.0. The minimum atomic E-state index is -4.39. The molecule has 0 aliphatic carbocycles. The molecule has 0 amide bonds. The quantitative estimate of drug-likeness (QED) is 0.308. The summed E-state index contributed by atoms with van der Waals surface area (Å²) in [6, 6.07) is 7.86. The Hall–Kier alpha value is -1.56. The lowest BCUT2D eigenvalue weighted by atomic mass is 10.1. The molecule has 156 valence electrons. The van der Waals surface area contributed by atoms with Crippen molar-refractivity contribution in [2.45, 2.75) is 25.9 Å². The smallest absolute Gasteiger partial charge is 0.434 e. The Morgan fingerprint density at radius 3 is 2.46 bits per heavy atom. The molecule has 1 heterocycles. The average molecular weight is 528 g/mol. The SMILES string of the molecule is CCOc1ccccc1CCNC(=NC)NCCc1nc(C(F)(F)F)cs1.I. The number of rotatable bonds is 8. The number of ether oxygens (including phenoxy) is 1. The maximum absolute atomic E-state index is 12.6. The first-order valence-corrected chi connectivity index (χ1v) is 9.48. The standard InChI is InChI=1S/C18H23F3N4OS.HI/c1-3-26-14-7-5-4-6-13(14)8-10-23-17(22-2)24-11-9-16-25-15(12-27-16)18(19,20)21;/h4-7,12H,3,8-11H2,1-2H3,(H2,22,23,24);1H. The van der Waals surface area contributed by atoms with E-state index < -0.39 is 11.9 Å². The van der Waals surface area contributed by atoms with Gasteiger partial charge in [-0.15, -0.1) is 35.3 Å². The summed E-state index contributed by atoms with van der Waals surface area (Å²) in [7, 11) is 1.65. The largest absolute Gasteiger partial charge is 0.494 e. The van der Waals surface area contributed by atoms with Gasteiger partial charge in [0.2, 0.25) is 0 Å². The number of alkyl halides is 3. The third-order valence-electron chi connectivity index (χ3n) is 3.66. The van der Waals surface area contributed by atoms with E-state index in [2.05, 4.69) is 20.6 Å². The Morgan fingerprint density at radius 2 is 1.86 bits per heavy atom. The molecule has 0 atom stereocenters. The summed E-state index contributed by atoms with van der Waals surface area (Å²) >= 11 is 1.01. The van der Waals surface area contributed by atoms with Gasteiger partial charge in [0.1, 0.15) is 5.75 Å². The third kappa shape index (κ3) is 7.82. The van der Waals surface area contributed by atoms with Crippen molar-refractivity contribution in [2.24, 2.45) is 4.99 Å². The van der Waals surface area contributed by atoms with Gasteiger partial charge in [-0.1, -0.05) is 18.2 Å². The number of benzene rings is 1. The summed E-state index contributed by atoms with van der Waals surface area (Å²) < 4.78 is 43.3. The predicted octanol–water partition coefficient (Wildman–Crippen LogP) is 4.13. The number of aliphatic imine (C=N–C) groups is 1. The number of thiazole rings is 1. The molecule has 0 aliphatic rings. The molecule has 0 bridgehead atoms. The fraction of sp³-hybridized carbons (Fsp3) is 0.444. The first-order chi connectivity index (χ1) is 12.9. The number of guanidine groups is 1. The van der Waals surface area contributed by atoms with Gasteiger partial charge < -0.3 is 15.4 Å². The minimum Gasteiger partial charge on any atom is -0.494 e. The monoisotopic (exact) mass is 528 g/mol. The van der Waals surface area contributed by atoms with Crippen LogP contribution in [0.5, 0.6) is 5.75 Å². The third-order valence-corrected chi connectivity index (χ3v) is 4.56. The Balaban J connectivity index is 0.00000392. The van der Waals surface area contributed by atoms with Crippen molar-refractivity contribution in [1.29, 1.82) is 0 Å². The highest BCUT2D eigenvalue weighted by Gasteiger charge is 2.33. The van der Waals surface area contributed by atoms with Gasteiger partial charge in [-0.2, -0.15) is 13.2 Å². The van der Waals surface area contributed by atoms with Crippen LogP contribution in [0.2, 0.25) is 0 Å². The molecule has 1 aromatic heterocycles. The van der Waals surface area contributed by atoms with E-state index >= 15 is 0 Å². The topological polar surface area (TPSA) is 58.5 Å². The molecule has 2 rings (SSSR count). The normalized spacial score (nSPS) is 11.7. The Kier molecular flexibility index (Phi) is 10.6. The molecule has 0 fully saturated rings. The van der Waals surface area contributed by atoms with E-state index in [-0.39, 0.29) is 24.0 Å². The summed E-state index contributed by atoms with van der Waals surface area (Å²) in [4.78, 5) is 7.73.